The van der Waals surface area contributed by atoms with Gasteiger partial charge in [-0.25, -0.2) is 22.4 Å². The van der Waals surface area contributed by atoms with Gasteiger partial charge in [0.1, 0.15) is 34.7 Å². The number of nitrogens with two attached hydrogens (primary N) is 4. The van der Waals surface area contributed by atoms with Gasteiger partial charge in [-0.2, -0.15) is 93.4 Å². The maximum atomic E-state index is 13.1. The number of anilines is 16. The molecule has 12 rings (SSSR count). The first-order chi connectivity index (χ1) is 50.7. The molecular formula is C65H73F7N32O2. The van der Waals surface area contributed by atoms with Crippen LogP contribution in [0, 0.1) is 23.3 Å². The van der Waals surface area contributed by atoms with Crippen LogP contribution in [0.1, 0.15) is 129 Å². The molecule has 8 aromatic heterocycles. The maximum Gasteiger partial charge on any atom is 0.432 e. The number of alkyl halides is 3. The summed E-state index contributed by atoms with van der Waals surface area (Å²) < 4.78 is 94.9. The van der Waals surface area contributed by atoms with E-state index in [2.05, 4.69) is 145 Å². The summed E-state index contributed by atoms with van der Waals surface area (Å²) in [6.45, 7) is 13.6. The second-order valence-electron chi connectivity index (χ2n) is 22.7. The Hall–Kier alpha value is -13.7. The first kappa shape index (κ1) is 76.5. The quantitative estimate of drug-likeness (QED) is 0.0187. The number of ether oxygens (including phenoxy) is 1. The Morgan fingerprint density at radius 3 is 1.00 bits per heavy atom. The van der Waals surface area contributed by atoms with Crippen LogP contribution in [0.5, 0.6) is 0 Å². The fraction of sp³-hybridized carbons (Fsp3) is 0.246. The Morgan fingerprint density at radius 1 is 0.406 bits per heavy atom. The van der Waals surface area contributed by atoms with Crippen molar-refractivity contribution in [3.05, 3.63) is 190 Å². The zero-order valence-corrected chi connectivity index (χ0v) is 57.6. The normalized spacial score (nSPS) is 12.1. The number of benzene rings is 4. The summed E-state index contributed by atoms with van der Waals surface area (Å²) in [5.41, 5.74) is 27.5. The van der Waals surface area contributed by atoms with Gasteiger partial charge in [-0.1, -0.05) is 68.8 Å². The topological polar surface area (TPSA) is 496 Å². The minimum absolute atomic E-state index is 0.00698. The maximum absolute atomic E-state index is 13.1. The predicted octanol–water partition coefficient (Wildman–Crippen LogP) is 11.6. The predicted molar refractivity (Wildman–Crippen MR) is 383 cm³/mol. The van der Waals surface area contributed by atoms with Crippen LogP contribution in [-0.2, 0) is 23.8 Å². The first-order valence-corrected chi connectivity index (χ1v) is 32.4. The largest absolute Gasteiger partial charge is 0.461 e. The number of hydrogen-bond acceptors (Lipinski definition) is 30. The third-order valence-electron chi connectivity index (χ3n) is 14.6. The fourth-order valence-electron chi connectivity index (χ4n) is 9.28. The molecule has 0 spiro atoms. The van der Waals surface area contributed by atoms with Gasteiger partial charge < -0.3 is 70.2 Å². The van der Waals surface area contributed by atoms with Crippen LogP contribution >= 0.6 is 0 Å². The molecule has 106 heavy (non-hydrogen) atoms. The third-order valence-corrected chi connectivity index (χ3v) is 14.6. The molecule has 554 valence electrons. The highest BCUT2D eigenvalue weighted by Gasteiger charge is 2.33. The smallest absolute Gasteiger partial charge is 0.432 e. The van der Waals surface area contributed by atoms with Crippen LogP contribution in [0.2, 0.25) is 0 Å². The number of nitrogens with zero attached hydrogens (tertiary/aromatic N) is 16. The van der Waals surface area contributed by atoms with Gasteiger partial charge in [-0.15, -0.1) is 0 Å². The van der Waals surface area contributed by atoms with Crippen molar-refractivity contribution < 1.29 is 40.3 Å². The standard InChI is InChI=1S/C17H19FN8O2.C17H21FN8.C16H19FN8.C15H14F4N8/c1-3-28-14(27)12-8-13(26-25-12)21-17-23-15(19)22-16(24-17)20-9(2)10-4-6-11(18)7-5-10;1-3-4-13-9-14(26-25-13)21-17-23-15(19)22-16(24-17)20-10(2)11-5-7-12(18)8-6-11;1-3-12-8-13(25-24-12)20-16-22-14(18)21-15(23-16)19-9(2)10-4-6-11(17)7-5-10;1-7(8-2-4-9(16)5-3-8)21-13-23-12(20)24-14(25-13)22-11-6-10(26-27-11)15(17,18)19/h4-9H,3H2,1-2H3,(H5,19,20,21,22,23,24,25,26);5-10H,3-4H2,1-2H3,(H5,19,20,21,22,23,24,25,26);4-9H,3H2,1-2H3,(H5,18,19,20,21,22,23,24,25);2-7H,1H3,(H5,20,21,22,23,24,25,26,27). The van der Waals surface area contributed by atoms with Crippen molar-refractivity contribution in [3.63, 3.8) is 0 Å². The van der Waals surface area contributed by atoms with E-state index in [0.717, 1.165) is 59.0 Å². The van der Waals surface area contributed by atoms with Gasteiger partial charge in [-0.05, 0) is 118 Å². The van der Waals surface area contributed by atoms with Crippen LogP contribution in [0.3, 0.4) is 0 Å². The van der Waals surface area contributed by atoms with E-state index >= 15 is 0 Å². The van der Waals surface area contributed by atoms with Crippen molar-refractivity contribution in [2.24, 2.45) is 0 Å². The average molecular weight is 1470 g/mol. The van der Waals surface area contributed by atoms with E-state index in [1.54, 1.807) is 62.4 Å². The molecule has 0 radical (unpaired) electrons. The van der Waals surface area contributed by atoms with Crippen molar-refractivity contribution in [1.29, 1.82) is 0 Å². The van der Waals surface area contributed by atoms with Gasteiger partial charge in [0.05, 0.1) is 30.8 Å². The number of carbonyl (C=O) groups is 1. The Labute approximate surface area is 599 Å². The molecule has 4 unspecified atom stereocenters. The Morgan fingerprint density at radius 2 is 0.698 bits per heavy atom. The number of hydrogen-bond donors (Lipinski definition) is 16. The summed E-state index contributed by atoms with van der Waals surface area (Å²) in [7, 11) is 0. The number of rotatable bonds is 25. The highest BCUT2D eigenvalue weighted by Crippen LogP contribution is 2.30. The SMILES string of the molecule is CC(Nc1nc(N)nc(Nc2cc(C(F)(F)F)[nH]n2)n1)c1ccc(F)cc1.CCCc1cc(Nc2nc(N)nc(NC(C)c3ccc(F)cc3)n2)n[nH]1.CCOC(=O)c1cc(Nc2nc(N)nc(NC(C)c3ccc(F)cc3)n2)n[nH]1.CCc1cc(Nc2nc(N)nc(NC(C)c3ccc(F)cc3)n2)n[nH]1. The van der Waals surface area contributed by atoms with Crippen molar-refractivity contribution in [2.45, 2.75) is 98.1 Å². The Bertz CT molecular complexity index is 4790. The number of carbonyl (C=O) groups excluding carboxylic acids is 1. The third kappa shape index (κ3) is 23.2. The lowest BCUT2D eigenvalue weighted by Gasteiger charge is -2.15. The number of halogens is 7. The zero-order valence-electron chi connectivity index (χ0n) is 57.6. The first-order valence-electron chi connectivity index (χ1n) is 32.4. The lowest BCUT2D eigenvalue weighted by molar-refractivity contribution is -0.141. The molecule has 0 saturated carbocycles. The molecule has 41 heteroatoms. The van der Waals surface area contributed by atoms with Gasteiger partial charge >= 0.3 is 12.1 Å². The van der Waals surface area contributed by atoms with Gasteiger partial charge in [0.2, 0.25) is 71.4 Å². The van der Waals surface area contributed by atoms with E-state index < -0.39 is 17.8 Å². The van der Waals surface area contributed by atoms with Crippen LogP contribution in [0.4, 0.5) is 125 Å². The van der Waals surface area contributed by atoms with Gasteiger partial charge in [0, 0.05) is 35.7 Å². The van der Waals surface area contributed by atoms with Gasteiger partial charge in [0.25, 0.3) is 0 Å². The molecule has 12 aromatic rings. The number of aryl methyl sites for hydroxylation is 2. The number of aromatic nitrogens is 20. The number of H-pyrrole nitrogens is 4. The number of nitrogens with one attached hydrogen (secondary N) is 12. The molecule has 0 saturated heterocycles. The molecular weight excluding hydrogens is 1390 g/mol. The summed E-state index contributed by atoms with van der Waals surface area (Å²) in [6.07, 6.45) is -1.77. The highest BCUT2D eigenvalue weighted by atomic mass is 19.4. The van der Waals surface area contributed by atoms with E-state index in [-0.39, 0.29) is 119 Å². The molecule has 0 amide bonds. The highest BCUT2D eigenvalue weighted by molar-refractivity contribution is 5.88. The minimum atomic E-state index is -4.55. The Kier molecular flexibility index (Phi) is 25.8. The van der Waals surface area contributed by atoms with Crippen molar-refractivity contribution in [1.82, 2.24) is 101 Å². The molecule has 4 aromatic carbocycles. The molecule has 34 nitrogen and oxygen atoms in total. The van der Waals surface area contributed by atoms with E-state index in [9.17, 15) is 35.5 Å². The Balaban J connectivity index is 0.000000164. The monoisotopic (exact) mass is 1470 g/mol. The molecule has 0 aliphatic carbocycles. The molecule has 0 aliphatic rings. The molecule has 0 aliphatic heterocycles. The van der Waals surface area contributed by atoms with Crippen LogP contribution < -0.4 is 65.5 Å². The number of nitrogen functional groups attached to an aromatic ring is 4. The van der Waals surface area contributed by atoms with Crippen molar-refractivity contribution >= 4 is 101 Å². The summed E-state index contributed by atoms with van der Waals surface area (Å²) in [5.74, 6) is 1.24. The average Bonchev–Trinajstić information content (AvgIpc) is 1.47. The van der Waals surface area contributed by atoms with E-state index in [1.807, 2.05) is 44.9 Å². The second-order valence-corrected chi connectivity index (χ2v) is 22.7. The van der Waals surface area contributed by atoms with Crippen LogP contribution in [0.25, 0.3) is 0 Å². The summed E-state index contributed by atoms with van der Waals surface area (Å²) >= 11 is 0. The summed E-state index contributed by atoms with van der Waals surface area (Å²) in [4.78, 5) is 60.7. The lowest BCUT2D eigenvalue weighted by atomic mass is 10.1. The van der Waals surface area contributed by atoms with E-state index in [4.69, 9.17) is 27.7 Å². The number of aromatic amines is 4. The van der Waals surface area contributed by atoms with Gasteiger partial charge in [0.15, 0.2) is 23.3 Å². The summed E-state index contributed by atoms with van der Waals surface area (Å²) in [6, 6.07) is 29.6. The zero-order chi connectivity index (χ0) is 76.0. The second kappa shape index (κ2) is 35.8. The molecule has 4 atom stereocenters. The molecule has 0 fully saturated rings. The van der Waals surface area contributed by atoms with Crippen LogP contribution in [0.15, 0.2) is 121 Å². The van der Waals surface area contributed by atoms with Crippen molar-refractivity contribution in [2.75, 3.05) is 72.1 Å². The van der Waals surface area contributed by atoms with E-state index in [1.165, 1.54) is 54.6 Å². The molecule has 8 heterocycles. The fourth-order valence-corrected chi connectivity index (χ4v) is 9.28. The van der Waals surface area contributed by atoms with Gasteiger partial charge in [-0.3, -0.25) is 20.4 Å². The lowest BCUT2D eigenvalue weighted by Crippen LogP contribution is -2.12. The number of esters is 1. The minimum Gasteiger partial charge on any atom is -0.461 e. The van der Waals surface area contributed by atoms with Crippen LogP contribution in [-0.4, -0.2) is 113 Å². The van der Waals surface area contributed by atoms with Crippen molar-refractivity contribution in [3.8, 4) is 0 Å². The summed E-state index contributed by atoms with van der Waals surface area (Å²) in [5, 5.41) is 49.7. The molecule has 0 bridgehead atoms. The molecule has 20 N–H and O–H groups in total. The van der Waals surface area contributed by atoms with E-state index in [0.29, 0.717) is 35.3 Å².